The van der Waals surface area contributed by atoms with Crippen LogP contribution in [0.2, 0.25) is 0 Å². The Balaban J connectivity index is 3.72. The molecule has 0 bridgehead atoms. The van der Waals surface area contributed by atoms with Crippen LogP contribution in [0.1, 0.15) is 20.3 Å². The van der Waals surface area contributed by atoms with E-state index in [1.807, 2.05) is 13.8 Å². The lowest BCUT2D eigenvalue weighted by Crippen LogP contribution is -2.41. The Bertz CT molecular complexity index is 136. The molecule has 0 amide bonds. The van der Waals surface area contributed by atoms with Gasteiger partial charge in [-0.1, -0.05) is 13.8 Å². The van der Waals surface area contributed by atoms with Crippen LogP contribution in [0.4, 0.5) is 0 Å². The van der Waals surface area contributed by atoms with E-state index in [2.05, 4.69) is 5.32 Å². The van der Waals surface area contributed by atoms with Gasteiger partial charge in [-0.2, -0.15) is 0 Å². The van der Waals surface area contributed by atoms with Gasteiger partial charge in [0, 0.05) is 6.61 Å². The van der Waals surface area contributed by atoms with E-state index in [4.69, 9.17) is 10.2 Å². The highest BCUT2D eigenvalue weighted by molar-refractivity contribution is 5.73. The van der Waals surface area contributed by atoms with E-state index in [0.717, 1.165) is 0 Å². The summed E-state index contributed by atoms with van der Waals surface area (Å²) in [7, 11) is 0. The molecule has 0 saturated heterocycles. The van der Waals surface area contributed by atoms with Gasteiger partial charge in [0.1, 0.15) is 6.04 Å². The third kappa shape index (κ3) is 4.31. The topological polar surface area (TPSA) is 69.6 Å². The van der Waals surface area contributed by atoms with Crippen LogP contribution in [0.15, 0.2) is 0 Å². The minimum atomic E-state index is -0.831. The fraction of sp³-hybridized carbons (Fsp3) is 0.875. The highest BCUT2D eigenvalue weighted by Crippen LogP contribution is 2.00. The molecule has 0 aromatic rings. The van der Waals surface area contributed by atoms with E-state index in [1.165, 1.54) is 0 Å². The SMILES string of the molecule is CC(C)[C@@H](NCCCO)C(=O)O. The summed E-state index contributed by atoms with van der Waals surface area (Å²) in [5, 5.41) is 20.0. The number of aliphatic carboxylic acids is 1. The molecule has 0 radical (unpaired) electrons. The molecule has 0 heterocycles. The van der Waals surface area contributed by atoms with Gasteiger partial charge in [-0.3, -0.25) is 4.79 Å². The number of hydrogen-bond donors (Lipinski definition) is 3. The first-order chi connectivity index (χ1) is 5.59. The van der Waals surface area contributed by atoms with Gasteiger partial charge in [0.15, 0.2) is 0 Å². The lowest BCUT2D eigenvalue weighted by molar-refractivity contribution is -0.140. The van der Waals surface area contributed by atoms with Gasteiger partial charge in [0.2, 0.25) is 0 Å². The standard InChI is InChI=1S/C8H17NO3/c1-6(2)7(8(11)12)9-4-3-5-10/h6-7,9-10H,3-5H2,1-2H3,(H,11,12)/t7-/m1/s1. The van der Waals surface area contributed by atoms with Crippen molar-refractivity contribution in [3.05, 3.63) is 0 Å². The smallest absolute Gasteiger partial charge is 0.320 e. The molecule has 1 atom stereocenters. The quantitative estimate of drug-likeness (QED) is 0.499. The maximum Gasteiger partial charge on any atom is 0.320 e. The Morgan fingerprint density at radius 3 is 2.42 bits per heavy atom. The van der Waals surface area contributed by atoms with E-state index in [9.17, 15) is 4.79 Å². The Morgan fingerprint density at radius 1 is 1.50 bits per heavy atom. The monoisotopic (exact) mass is 175 g/mol. The molecule has 3 N–H and O–H groups in total. The summed E-state index contributed by atoms with van der Waals surface area (Å²) in [6.07, 6.45) is 0.594. The first-order valence-corrected chi connectivity index (χ1v) is 4.16. The maximum atomic E-state index is 10.6. The van der Waals surface area contributed by atoms with Crippen LogP contribution in [0.3, 0.4) is 0 Å². The zero-order chi connectivity index (χ0) is 9.56. The van der Waals surface area contributed by atoms with Crippen LogP contribution >= 0.6 is 0 Å². The van der Waals surface area contributed by atoms with Crippen molar-refractivity contribution in [2.24, 2.45) is 5.92 Å². The van der Waals surface area contributed by atoms with Crippen molar-refractivity contribution >= 4 is 5.97 Å². The van der Waals surface area contributed by atoms with Crippen LogP contribution in [0.25, 0.3) is 0 Å². The molecule has 0 rings (SSSR count). The summed E-state index contributed by atoms with van der Waals surface area (Å²) in [6.45, 7) is 4.35. The lowest BCUT2D eigenvalue weighted by atomic mass is 10.1. The first-order valence-electron chi connectivity index (χ1n) is 4.16. The van der Waals surface area contributed by atoms with Crippen molar-refractivity contribution in [3.8, 4) is 0 Å². The van der Waals surface area contributed by atoms with Crippen molar-refractivity contribution in [2.45, 2.75) is 26.3 Å². The first kappa shape index (κ1) is 11.4. The van der Waals surface area contributed by atoms with Crippen LogP contribution in [-0.4, -0.2) is 35.4 Å². The number of nitrogens with one attached hydrogen (secondary N) is 1. The normalized spacial score (nSPS) is 13.3. The van der Waals surface area contributed by atoms with Crippen LogP contribution in [0, 0.1) is 5.92 Å². The second-order valence-electron chi connectivity index (χ2n) is 3.09. The second-order valence-corrected chi connectivity index (χ2v) is 3.09. The molecule has 0 saturated carbocycles. The van der Waals surface area contributed by atoms with Gasteiger partial charge < -0.3 is 15.5 Å². The molecule has 72 valence electrons. The number of carboxylic acids is 1. The van der Waals surface area contributed by atoms with Crippen LogP contribution in [0.5, 0.6) is 0 Å². The lowest BCUT2D eigenvalue weighted by Gasteiger charge is -2.17. The zero-order valence-electron chi connectivity index (χ0n) is 7.58. The Kier molecular flexibility index (Phi) is 5.66. The van der Waals surface area contributed by atoms with E-state index in [-0.39, 0.29) is 12.5 Å². The number of rotatable bonds is 6. The van der Waals surface area contributed by atoms with Gasteiger partial charge in [0.25, 0.3) is 0 Å². The van der Waals surface area contributed by atoms with Gasteiger partial charge in [0.05, 0.1) is 0 Å². The average Bonchev–Trinajstić information content (AvgIpc) is 1.96. The van der Waals surface area contributed by atoms with Crippen molar-refractivity contribution in [1.82, 2.24) is 5.32 Å². The molecule has 0 unspecified atom stereocenters. The van der Waals surface area contributed by atoms with Crippen molar-refractivity contribution in [1.29, 1.82) is 0 Å². The molecule has 0 fully saturated rings. The molecular weight excluding hydrogens is 158 g/mol. The number of carbonyl (C=O) groups is 1. The van der Waals surface area contributed by atoms with E-state index < -0.39 is 12.0 Å². The molecule has 0 aromatic carbocycles. The molecule has 12 heavy (non-hydrogen) atoms. The highest BCUT2D eigenvalue weighted by atomic mass is 16.4. The fourth-order valence-corrected chi connectivity index (χ4v) is 0.945. The molecule has 4 nitrogen and oxygen atoms in total. The summed E-state index contributed by atoms with van der Waals surface area (Å²) in [5.74, 6) is -0.760. The van der Waals surface area contributed by atoms with Gasteiger partial charge in [-0.05, 0) is 18.9 Å². The maximum absolute atomic E-state index is 10.6. The number of carboxylic acid groups (broad SMARTS) is 1. The van der Waals surface area contributed by atoms with Gasteiger partial charge in [-0.25, -0.2) is 0 Å². The molecule has 4 heteroatoms. The van der Waals surface area contributed by atoms with Gasteiger partial charge in [-0.15, -0.1) is 0 Å². The summed E-state index contributed by atoms with van der Waals surface area (Å²) >= 11 is 0. The number of hydrogen-bond acceptors (Lipinski definition) is 3. The van der Waals surface area contributed by atoms with Crippen molar-refractivity contribution in [3.63, 3.8) is 0 Å². The van der Waals surface area contributed by atoms with Crippen molar-refractivity contribution < 1.29 is 15.0 Å². The number of aliphatic hydroxyl groups excluding tert-OH is 1. The third-order valence-electron chi connectivity index (χ3n) is 1.63. The highest BCUT2D eigenvalue weighted by Gasteiger charge is 2.19. The summed E-state index contributed by atoms with van der Waals surface area (Å²) in [5.41, 5.74) is 0. The Morgan fingerprint density at radius 2 is 2.08 bits per heavy atom. The van der Waals surface area contributed by atoms with E-state index >= 15 is 0 Å². The molecule has 0 spiro atoms. The summed E-state index contributed by atoms with van der Waals surface area (Å²) in [6, 6.07) is -0.503. The number of aliphatic hydroxyl groups is 1. The predicted molar refractivity (Wildman–Crippen MR) is 46.0 cm³/mol. The fourth-order valence-electron chi connectivity index (χ4n) is 0.945. The van der Waals surface area contributed by atoms with Gasteiger partial charge >= 0.3 is 5.97 Å². The minimum absolute atomic E-state index is 0.0705. The Hall–Kier alpha value is -0.610. The summed E-state index contributed by atoms with van der Waals surface area (Å²) < 4.78 is 0. The average molecular weight is 175 g/mol. The van der Waals surface area contributed by atoms with Crippen LogP contribution < -0.4 is 5.32 Å². The molecule has 0 aliphatic heterocycles. The van der Waals surface area contributed by atoms with Crippen LogP contribution in [-0.2, 0) is 4.79 Å². The molecule has 0 aromatic heterocycles. The third-order valence-corrected chi connectivity index (χ3v) is 1.63. The molecule has 0 aliphatic rings. The largest absolute Gasteiger partial charge is 0.480 e. The van der Waals surface area contributed by atoms with E-state index in [0.29, 0.717) is 13.0 Å². The zero-order valence-corrected chi connectivity index (χ0v) is 7.58. The minimum Gasteiger partial charge on any atom is -0.480 e. The second kappa shape index (κ2) is 5.97. The molecule has 0 aliphatic carbocycles. The Labute approximate surface area is 72.6 Å². The van der Waals surface area contributed by atoms with Crippen molar-refractivity contribution in [2.75, 3.05) is 13.2 Å². The van der Waals surface area contributed by atoms with E-state index in [1.54, 1.807) is 0 Å². The molecular formula is C8H17NO3. The predicted octanol–water partition coefficient (Wildman–Crippen LogP) is 0.0676. The summed E-state index contributed by atoms with van der Waals surface area (Å²) in [4.78, 5) is 10.6.